The smallest absolute Gasteiger partial charge is 0.291 e. The second-order valence-corrected chi connectivity index (χ2v) is 5.79. The Morgan fingerprint density at radius 1 is 0.815 bits per heavy atom. The first-order valence-corrected chi connectivity index (χ1v) is 8.35. The Morgan fingerprint density at radius 2 is 1.63 bits per heavy atom. The molecule has 0 fully saturated rings. The molecule has 1 aromatic heterocycles. The number of benzene rings is 2. The summed E-state index contributed by atoms with van der Waals surface area (Å²) in [4.78, 5) is 24.9. The first kappa shape index (κ1) is 16.7. The van der Waals surface area contributed by atoms with E-state index in [0.29, 0.717) is 41.7 Å². The van der Waals surface area contributed by atoms with Crippen LogP contribution in [0.25, 0.3) is 0 Å². The number of ether oxygens (including phenoxy) is 2. The highest BCUT2D eigenvalue weighted by molar-refractivity contribution is 6.12. The third kappa shape index (κ3) is 3.62. The Bertz CT molecular complexity index is 982. The van der Waals surface area contributed by atoms with Crippen molar-refractivity contribution in [2.75, 3.05) is 23.8 Å². The van der Waals surface area contributed by atoms with Gasteiger partial charge in [0.25, 0.3) is 11.8 Å². The van der Waals surface area contributed by atoms with Gasteiger partial charge in [0.05, 0.1) is 17.5 Å². The fourth-order valence-corrected chi connectivity index (χ4v) is 2.70. The minimum absolute atomic E-state index is 0.164. The molecule has 2 N–H and O–H groups in total. The summed E-state index contributed by atoms with van der Waals surface area (Å²) in [5.41, 5.74) is 1.28. The first-order chi connectivity index (χ1) is 13.2. The minimum Gasteiger partial charge on any atom is -0.486 e. The number of hydrogen-bond donors (Lipinski definition) is 2. The molecule has 7 heteroatoms. The molecular weight excluding hydrogens is 348 g/mol. The molecular formula is C20H16N2O5. The van der Waals surface area contributed by atoms with E-state index in [1.54, 1.807) is 54.6 Å². The summed E-state index contributed by atoms with van der Waals surface area (Å²) in [6, 6.07) is 15.1. The van der Waals surface area contributed by atoms with E-state index in [1.807, 2.05) is 0 Å². The Balaban J connectivity index is 1.53. The number of hydrogen-bond acceptors (Lipinski definition) is 5. The third-order valence-electron chi connectivity index (χ3n) is 3.96. The molecule has 27 heavy (non-hydrogen) atoms. The molecule has 1 aliphatic heterocycles. The summed E-state index contributed by atoms with van der Waals surface area (Å²) in [5, 5.41) is 5.50. The van der Waals surface area contributed by atoms with Gasteiger partial charge in [-0.2, -0.15) is 0 Å². The van der Waals surface area contributed by atoms with Gasteiger partial charge in [0.2, 0.25) is 0 Å². The predicted octanol–water partition coefficient (Wildman–Crippen LogP) is 3.56. The number of carbonyl (C=O) groups excluding carboxylic acids is 2. The molecule has 2 heterocycles. The van der Waals surface area contributed by atoms with Crippen molar-refractivity contribution in [3.63, 3.8) is 0 Å². The van der Waals surface area contributed by atoms with Gasteiger partial charge in [0.15, 0.2) is 17.3 Å². The van der Waals surface area contributed by atoms with Gasteiger partial charge in [-0.05, 0) is 36.4 Å². The molecule has 0 unspecified atom stereocenters. The Kier molecular flexibility index (Phi) is 4.49. The lowest BCUT2D eigenvalue weighted by Crippen LogP contribution is -2.18. The number of anilines is 2. The van der Waals surface area contributed by atoms with Gasteiger partial charge in [-0.25, -0.2) is 0 Å². The average molecular weight is 364 g/mol. The van der Waals surface area contributed by atoms with E-state index >= 15 is 0 Å². The van der Waals surface area contributed by atoms with Crippen molar-refractivity contribution in [3.05, 3.63) is 72.2 Å². The van der Waals surface area contributed by atoms with E-state index in [1.165, 1.54) is 6.26 Å². The highest BCUT2D eigenvalue weighted by Crippen LogP contribution is 2.33. The largest absolute Gasteiger partial charge is 0.486 e. The van der Waals surface area contributed by atoms with E-state index in [2.05, 4.69) is 10.6 Å². The molecule has 0 radical (unpaired) electrons. The van der Waals surface area contributed by atoms with Gasteiger partial charge >= 0.3 is 0 Å². The van der Waals surface area contributed by atoms with Crippen molar-refractivity contribution in [3.8, 4) is 11.5 Å². The Hall–Kier alpha value is -3.74. The van der Waals surface area contributed by atoms with Crippen LogP contribution in [-0.4, -0.2) is 25.0 Å². The van der Waals surface area contributed by atoms with Crippen LogP contribution in [-0.2, 0) is 0 Å². The minimum atomic E-state index is -0.431. The molecule has 2 amide bonds. The number of nitrogens with one attached hydrogen (secondary N) is 2. The number of furan rings is 1. The first-order valence-electron chi connectivity index (χ1n) is 8.35. The van der Waals surface area contributed by atoms with Crippen molar-refractivity contribution in [2.45, 2.75) is 0 Å². The Morgan fingerprint density at radius 3 is 2.44 bits per heavy atom. The average Bonchev–Trinajstić information content (AvgIpc) is 3.23. The van der Waals surface area contributed by atoms with Crippen LogP contribution < -0.4 is 20.1 Å². The van der Waals surface area contributed by atoms with Crippen molar-refractivity contribution < 1.29 is 23.5 Å². The van der Waals surface area contributed by atoms with Crippen LogP contribution in [0.5, 0.6) is 11.5 Å². The summed E-state index contributed by atoms with van der Waals surface area (Å²) < 4.78 is 16.1. The molecule has 0 saturated carbocycles. The number of carbonyl (C=O) groups is 2. The number of amides is 2. The zero-order valence-electron chi connectivity index (χ0n) is 14.2. The fraction of sp³-hybridized carbons (Fsp3) is 0.100. The normalized spacial score (nSPS) is 12.3. The monoisotopic (exact) mass is 364 g/mol. The van der Waals surface area contributed by atoms with Crippen molar-refractivity contribution in [2.24, 2.45) is 0 Å². The number of fused-ring (bicyclic) bond motifs is 1. The zero-order valence-corrected chi connectivity index (χ0v) is 14.2. The van der Waals surface area contributed by atoms with Crippen LogP contribution in [0.4, 0.5) is 11.4 Å². The van der Waals surface area contributed by atoms with Crippen molar-refractivity contribution >= 4 is 23.2 Å². The lowest BCUT2D eigenvalue weighted by Gasteiger charge is -2.19. The maximum absolute atomic E-state index is 12.7. The second-order valence-electron chi connectivity index (χ2n) is 5.79. The van der Waals surface area contributed by atoms with Crippen LogP contribution >= 0.6 is 0 Å². The molecule has 2 aromatic carbocycles. The van der Waals surface area contributed by atoms with Gasteiger partial charge < -0.3 is 24.5 Å². The van der Waals surface area contributed by atoms with E-state index < -0.39 is 5.91 Å². The molecule has 3 aromatic rings. The fourth-order valence-electron chi connectivity index (χ4n) is 2.70. The third-order valence-corrected chi connectivity index (χ3v) is 3.96. The molecule has 4 rings (SSSR count). The lowest BCUT2D eigenvalue weighted by atomic mass is 10.1. The molecule has 0 spiro atoms. The molecule has 1 aliphatic rings. The van der Waals surface area contributed by atoms with Gasteiger partial charge in [0.1, 0.15) is 13.2 Å². The summed E-state index contributed by atoms with van der Waals surface area (Å²) >= 11 is 0. The van der Waals surface area contributed by atoms with Crippen LogP contribution in [0.1, 0.15) is 20.9 Å². The zero-order chi connectivity index (χ0) is 18.6. The van der Waals surface area contributed by atoms with Gasteiger partial charge in [-0.1, -0.05) is 12.1 Å². The van der Waals surface area contributed by atoms with Crippen molar-refractivity contribution in [1.82, 2.24) is 0 Å². The molecule has 0 atom stereocenters. The van der Waals surface area contributed by atoms with Gasteiger partial charge in [0, 0.05) is 11.8 Å². The standard InChI is InChI=1S/C20H16N2O5/c23-19(21-13-7-8-16-18(12-13)27-11-10-26-16)14-4-1-2-5-15(14)22-20(24)17-6-3-9-25-17/h1-9,12H,10-11H2,(H,21,23)(H,22,24). The molecule has 0 bridgehead atoms. The second kappa shape index (κ2) is 7.25. The molecule has 0 saturated heterocycles. The SMILES string of the molecule is O=C(Nc1ccccc1C(=O)Nc1ccc2c(c1)OCCO2)c1ccco1. The number of para-hydroxylation sites is 1. The van der Waals surface area contributed by atoms with E-state index in [-0.39, 0.29) is 11.7 Å². The highest BCUT2D eigenvalue weighted by Gasteiger charge is 2.17. The predicted molar refractivity (Wildman–Crippen MR) is 98.5 cm³/mol. The van der Waals surface area contributed by atoms with Gasteiger partial charge in [-0.3, -0.25) is 9.59 Å². The van der Waals surface area contributed by atoms with E-state index in [0.717, 1.165) is 0 Å². The van der Waals surface area contributed by atoms with Gasteiger partial charge in [-0.15, -0.1) is 0 Å². The lowest BCUT2D eigenvalue weighted by molar-refractivity contribution is 0.0996. The summed E-state index contributed by atoms with van der Waals surface area (Å²) in [7, 11) is 0. The van der Waals surface area contributed by atoms with Crippen LogP contribution in [0.3, 0.4) is 0 Å². The summed E-state index contributed by atoms with van der Waals surface area (Å²) in [5.74, 6) is 0.600. The van der Waals surface area contributed by atoms with E-state index in [4.69, 9.17) is 13.9 Å². The highest BCUT2D eigenvalue weighted by atomic mass is 16.6. The van der Waals surface area contributed by atoms with Crippen LogP contribution in [0.2, 0.25) is 0 Å². The quantitative estimate of drug-likeness (QED) is 0.739. The van der Waals surface area contributed by atoms with E-state index in [9.17, 15) is 9.59 Å². The maximum Gasteiger partial charge on any atom is 0.291 e. The summed E-state index contributed by atoms with van der Waals surface area (Å²) in [6.07, 6.45) is 1.41. The topological polar surface area (TPSA) is 89.8 Å². The number of rotatable bonds is 4. The molecule has 136 valence electrons. The van der Waals surface area contributed by atoms with Crippen LogP contribution in [0.15, 0.2) is 65.3 Å². The maximum atomic E-state index is 12.7. The molecule has 0 aliphatic carbocycles. The van der Waals surface area contributed by atoms with Crippen molar-refractivity contribution in [1.29, 1.82) is 0 Å². The molecule has 7 nitrogen and oxygen atoms in total. The Labute approximate surface area is 154 Å². The summed E-state index contributed by atoms with van der Waals surface area (Å²) in [6.45, 7) is 0.966. The van der Waals surface area contributed by atoms with Crippen LogP contribution in [0, 0.1) is 0 Å².